The number of nitrogens with zero attached hydrogens (tertiary/aromatic N) is 1. The van der Waals surface area contributed by atoms with E-state index in [0.717, 1.165) is 57.0 Å². The van der Waals surface area contributed by atoms with Crippen LogP contribution >= 0.6 is 0 Å². The van der Waals surface area contributed by atoms with E-state index in [-0.39, 0.29) is 24.4 Å². The molecule has 3 atom stereocenters. The van der Waals surface area contributed by atoms with Gasteiger partial charge >= 0.3 is 0 Å². The molecule has 8 nitrogen and oxygen atoms in total. The first-order valence-electron chi connectivity index (χ1n) is 12.3. The van der Waals surface area contributed by atoms with E-state index in [9.17, 15) is 8.78 Å². The van der Waals surface area contributed by atoms with Crippen molar-refractivity contribution in [3.63, 3.8) is 0 Å². The molecule has 4 rings (SSSR count). The summed E-state index contributed by atoms with van der Waals surface area (Å²) in [5.41, 5.74) is 9.05. The highest BCUT2D eigenvalue weighted by Gasteiger charge is 2.37. The number of rotatable bonds is 12. The van der Waals surface area contributed by atoms with Crippen LogP contribution in [0.1, 0.15) is 24.0 Å². The number of anilines is 1. The van der Waals surface area contributed by atoms with Crippen molar-refractivity contribution in [3.05, 3.63) is 65.2 Å². The number of halogens is 2. The second kappa shape index (κ2) is 13.2. The maximum atomic E-state index is 13.8. The molecule has 2 fully saturated rings. The molecule has 0 aliphatic carbocycles. The van der Waals surface area contributed by atoms with Gasteiger partial charge in [-0.1, -0.05) is 18.2 Å². The Kier molecular flexibility index (Phi) is 9.78. The Morgan fingerprint density at radius 2 is 1.91 bits per heavy atom. The molecule has 192 valence electrons. The van der Waals surface area contributed by atoms with Crippen LogP contribution < -0.4 is 32.1 Å². The van der Waals surface area contributed by atoms with Crippen molar-refractivity contribution < 1.29 is 13.5 Å². The van der Waals surface area contributed by atoms with E-state index in [1.807, 2.05) is 18.2 Å². The highest BCUT2D eigenvalue weighted by molar-refractivity contribution is 5.46. The minimum Gasteiger partial charge on any atom is -0.385 e. The molecule has 10 heteroatoms. The Balaban J connectivity index is 1.31. The summed E-state index contributed by atoms with van der Waals surface area (Å²) in [6, 6.07) is 12.4. The van der Waals surface area contributed by atoms with Crippen LogP contribution in [0.15, 0.2) is 42.5 Å². The van der Waals surface area contributed by atoms with Crippen molar-refractivity contribution in [1.82, 2.24) is 31.7 Å². The van der Waals surface area contributed by atoms with Crippen molar-refractivity contribution in [3.8, 4) is 0 Å². The van der Waals surface area contributed by atoms with E-state index in [4.69, 9.17) is 4.74 Å². The molecule has 2 saturated heterocycles. The first-order chi connectivity index (χ1) is 17.2. The monoisotopic (exact) mass is 489 g/mol. The quantitative estimate of drug-likeness (QED) is 0.251. The summed E-state index contributed by atoms with van der Waals surface area (Å²) in [6.45, 7) is 4.85. The molecule has 0 radical (unpaired) electrons. The lowest BCUT2D eigenvalue weighted by molar-refractivity contribution is 0.118. The standard InChI is InChI=1S/C25H37F2N7O/c1-35-12-4-11-34-24(32-33-25(34)23-9-10-28-17-31-23)16-30-19-6-2-5-18(13-19)14-29-15-20-21(26)7-3-8-22(20)27/h2-3,5-8,13,23-25,28-33H,4,9-12,14-17H2,1H3. The number of hydrazine groups is 1. The van der Waals surface area contributed by atoms with Crippen LogP contribution in [0.3, 0.4) is 0 Å². The molecule has 2 aliphatic rings. The van der Waals surface area contributed by atoms with Gasteiger partial charge in [0.05, 0.1) is 12.3 Å². The molecule has 35 heavy (non-hydrogen) atoms. The van der Waals surface area contributed by atoms with Crippen LogP contribution in [0, 0.1) is 11.6 Å². The van der Waals surface area contributed by atoms with E-state index in [0.29, 0.717) is 12.6 Å². The van der Waals surface area contributed by atoms with Crippen molar-refractivity contribution in [2.75, 3.05) is 45.3 Å². The first kappa shape index (κ1) is 25.9. The van der Waals surface area contributed by atoms with Gasteiger partial charge in [-0.15, -0.1) is 0 Å². The second-order valence-corrected chi connectivity index (χ2v) is 8.99. The highest BCUT2D eigenvalue weighted by Crippen LogP contribution is 2.17. The van der Waals surface area contributed by atoms with Crippen LogP contribution in [0.2, 0.25) is 0 Å². The number of benzene rings is 2. The zero-order chi connectivity index (χ0) is 24.5. The summed E-state index contributed by atoms with van der Waals surface area (Å²) in [7, 11) is 1.74. The second-order valence-electron chi connectivity index (χ2n) is 8.99. The average Bonchev–Trinajstić information content (AvgIpc) is 3.28. The molecule has 6 N–H and O–H groups in total. The number of ether oxygens (including phenoxy) is 1. The fourth-order valence-corrected chi connectivity index (χ4v) is 4.69. The van der Waals surface area contributed by atoms with E-state index in [1.54, 1.807) is 7.11 Å². The van der Waals surface area contributed by atoms with E-state index < -0.39 is 11.6 Å². The lowest BCUT2D eigenvalue weighted by Crippen LogP contribution is -2.58. The number of nitrogens with one attached hydrogen (secondary N) is 6. The maximum absolute atomic E-state index is 13.8. The summed E-state index contributed by atoms with van der Waals surface area (Å²) < 4.78 is 33.0. The third-order valence-corrected chi connectivity index (χ3v) is 6.54. The first-order valence-corrected chi connectivity index (χ1v) is 12.3. The third kappa shape index (κ3) is 7.17. The molecular formula is C25H37F2N7O. The van der Waals surface area contributed by atoms with Crippen molar-refractivity contribution in [2.24, 2.45) is 0 Å². The molecule has 2 aromatic rings. The van der Waals surface area contributed by atoms with Gasteiger partial charge in [0.25, 0.3) is 0 Å². The van der Waals surface area contributed by atoms with Gasteiger partial charge in [0.1, 0.15) is 11.6 Å². The normalized spacial score (nSPS) is 23.0. The number of hydrogen-bond acceptors (Lipinski definition) is 8. The molecule has 0 bridgehead atoms. The Hall–Kier alpha value is -2.18. The third-order valence-electron chi connectivity index (χ3n) is 6.54. The largest absolute Gasteiger partial charge is 0.385 e. The van der Waals surface area contributed by atoms with Crippen LogP contribution in [0.4, 0.5) is 14.5 Å². The van der Waals surface area contributed by atoms with Gasteiger partial charge in [0, 0.05) is 63.9 Å². The number of methoxy groups -OCH3 is 1. The minimum atomic E-state index is -0.529. The Morgan fingerprint density at radius 3 is 2.69 bits per heavy atom. The smallest absolute Gasteiger partial charge is 0.130 e. The van der Waals surface area contributed by atoms with Gasteiger partial charge in [-0.05, 0) is 49.2 Å². The molecule has 2 aliphatic heterocycles. The lowest BCUT2D eigenvalue weighted by Gasteiger charge is -2.36. The van der Waals surface area contributed by atoms with E-state index >= 15 is 0 Å². The summed E-state index contributed by atoms with van der Waals surface area (Å²) in [4.78, 5) is 2.46. The topological polar surface area (TPSA) is 84.7 Å². The Bertz CT molecular complexity index is 908. The number of hydrogen-bond donors (Lipinski definition) is 6. The molecule has 2 heterocycles. The van der Waals surface area contributed by atoms with Gasteiger partial charge in [-0.3, -0.25) is 10.2 Å². The maximum Gasteiger partial charge on any atom is 0.130 e. The predicted octanol–water partition coefficient (Wildman–Crippen LogP) is 1.67. The summed E-state index contributed by atoms with van der Waals surface area (Å²) >= 11 is 0. The summed E-state index contributed by atoms with van der Waals surface area (Å²) in [5.74, 6) is -1.06. The van der Waals surface area contributed by atoms with Gasteiger partial charge in [0.2, 0.25) is 0 Å². The molecular weight excluding hydrogens is 452 g/mol. The van der Waals surface area contributed by atoms with E-state index in [1.165, 1.54) is 18.2 Å². The van der Waals surface area contributed by atoms with Crippen LogP contribution in [-0.4, -0.2) is 63.3 Å². The molecule has 2 aromatic carbocycles. The predicted molar refractivity (Wildman–Crippen MR) is 133 cm³/mol. The molecule has 0 saturated carbocycles. The summed E-state index contributed by atoms with van der Waals surface area (Å²) in [5, 5.41) is 13.6. The van der Waals surface area contributed by atoms with Crippen molar-refractivity contribution in [1.29, 1.82) is 0 Å². The molecule has 0 aromatic heterocycles. The van der Waals surface area contributed by atoms with Crippen LogP contribution in [0.5, 0.6) is 0 Å². The SMILES string of the molecule is COCCCN1C(CNc2cccc(CNCc3c(F)cccc3F)c2)NNC1C1CCNCN1. The van der Waals surface area contributed by atoms with Gasteiger partial charge in [-0.2, -0.15) is 0 Å². The zero-order valence-corrected chi connectivity index (χ0v) is 20.2. The fourth-order valence-electron chi connectivity index (χ4n) is 4.69. The molecule has 3 unspecified atom stereocenters. The summed E-state index contributed by atoms with van der Waals surface area (Å²) in [6.07, 6.45) is 2.35. The zero-order valence-electron chi connectivity index (χ0n) is 20.2. The van der Waals surface area contributed by atoms with Crippen LogP contribution in [-0.2, 0) is 17.8 Å². The van der Waals surface area contributed by atoms with Crippen LogP contribution in [0.25, 0.3) is 0 Å². The van der Waals surface area contributed by atoms with Crippen molar-refractivity contribution >= 4 is 5.69 Å². The average molecular weight is 490 g/mol. The van der Waals surface area contributed by atoms with Gasteiger partial charge in [0.15, 0.2) is 0 Å². The highest BCUT2D eigenvalue weighted by atomic mass is 19.1. The lowest BCUT2D eigenvalue weighted by atomic mass is 10.1. The minimum absolute atomic E-state index is 0.0629. The van der Waals surface area contributed by atoms with Gasteiger partial charge < -0.3 is 20.7 Å². The molecule has 0 amide bonds. The fraction of sp³-hybridized carbons (Fsp3) is 0.520. The van der Waals surface area contributed by atoms with Crippen molar-refractivity contribution in [2.45, 2.75) is 44.3 Å². The Labute approximate surface area is 206 Å². The molecule has 0 spiro atoms. The van der Waals surface area contributed by atoms with E-state index in [2.05, 4.69) is 43.1 Å². The Morgan fingerprint density at radius 1 is 1.09 bits per heavy atom. The van der Waals surface area contributed by atoms with Gasteiger partial charge in [-0.25, -0.2) is 19.6 Å².